The summed E-state index contributed by atoms with van der Waals surface area (Å²) in [6, 6.07) is 35.9. The highest BCUT2D eigenvalue weighted by molar-refractivity contribution is 5.95. The molecule has 0 atom stereocenters. The van der Waals surface area contributed by atoms with E-state index in [9.17, 15) is 9.59 Å². The molecule has 0 aromatic heterocycles. The first-order chi connectivity index (χ1) is 30.5. The minimum Gasteiger partial charge on any atom is -0.494 e. The topological polar surface area (TPSA) is 95.8 Å². The second-order valence-corrected chi connectivity index (χ2v) is 15.6. The normalized spacial score (nSPS) is 11.3. The lowest BCUT2D eigenvalue weighted by atomic mass is 10.1. The molecule has 0 heterocycles. The Labute approximate surface area is 369 Å². The zero-order chi connectivity index (χ0) is 43.5. The third-order valence-electron chi connectivity index (χ3n) is 10.5. The van der Waals surface area contributed by atoms with Crippen molar-refractivity contribution in [3.8, 4) is 23.0 Å². The van der Waals surface area contributed by atoms with Crippen molar-refractivity contribution in [3.63, 3.8) is 0 Å². The minimum atomic E-state index is -0.535. The zero-order valence-corrected chi connectivity index (χ0v) is 36.8. The van der Waals surface area contributed by atoms with Crippen molar-refractivity contribution >= 4 is 35.7 Å². The molecule has 0 aliphatic carbocycles. The summed E-state index contributed by atoms with van der Waals surface area (Å²) in [6.45, 7) is 5.96. The monoisotopic (exact) mass is 836 g/mol. The quantitative estimate of drug-likeness (QED) is 0.0215. The number of hydrogen-bond donors (Lipinski definition) is 0. The van der Waals surface area contributed by atoms with Crippen molar-refractivity contribution in [2.75, 3.05) is 13.2 Å². The van der Waals surface area contributed by atoms with Crippen LogP contribution in [0, 0.1) is 0 Å². The van der Waals surface area contributed by atoms with Crippen LogP contribution in [0.25, 0.3) is 0 Å². The zero-order valence-electron chi connectivity index (χ0n) is 36.8. The van der Waals surface area contributed by atoms with Crippen LogP contribution in [0.4, 0.5) is 11.4 Å². The fraction of sp³-hybridized carbons (Fsp3) is 0.370. The van der Waals surface area contributed by atoms with E-state index >= 15 is 0 Å². The molecular formula is C54H64N2O6. The predicted octanol–water partition coefficient (Wildman–Crippen LogP) is 14.7. The lowest BCUT2D eigenvalue weighted by Crippen LogP contribution is -2.11. The number of esters is 2. The molecule has 0 aliphatic rings. The van der Waals surface area contributed by atoms with Gasteiger partial charge in [-0.25, -0.2) is 9.59 Å². The molecule has 0 aliphatic heterocycles. The Kier molecular flexibility index (Phi) is 21.1. The lowest BCUT2D eigenvalue weighted by Gasteiger charge is -2.07. The molecule has 8 nitrogen and oxygen atoms in total. The number of benzene rings is 5. The molecule has 0 spiro atoms. The van der Waals surface area contributed by atoms with Gasteiger partial charge >= 0.3 is 11.9 Å². The van der Waals surface area contributed by atoms with Gasteiger partial charge in [0.1, 0.15) is 23.0 Å². The Balaban J connectivity index is 0.979. The second-order valence-electron chi connectivity index (χ2n) is 15.6. The van der Waals surface area contributed by atoms with E-state index in [1.807, 2.05) is 72.8 Å². The van der Waals surface area contributed by atoms with Crippen molar-refractivity contribution < 1.29 is 28.5 Å². The van der Waals surface area contributed by atoms with Gasteiger partial charge in [-0.2, -0.15) is 0 Å². The molecule has 0 amide bonds. The van der Waals surface area contributed by atoms with Crippen LogP contribution in [0.1, 0.15) is 148 Å². The molecule has 0 unspecified atom stereocenters. The molecule has 5 aromatic carbocycles. The van der Waals surface area contributed by atoms with E-state index in [4.69, 9.17) is 18.9 Å². The van der Waals surface area contributed by atoms with Gasteiger partial charge in [0.2, 0.25) is 0 Å². The Bertz CT molecular complexity index is 1920. The first kappa shape index (κ1) is 47.0. The van der Waals surface area contributed by atoms with E-state index in [-0.39, 0.29) is 0 Å². The van der Waals surface area contributed by atoms with Gasteiger partial charge in [0, 0.05) is 12.4 Å². The number of aliphatic imine (C=N–C) groups is 2. The molecular weight excluding hydrogens is 773 g/mol. The SMILES string of the molecule is CCCCCCCCCCOc1ccc(N=Cc2ccc(OC(=O)c3ccc(C(=O)Oc4ccc(C=Nc5ccc(OCCCCCCCCCC)cc5)cc4)cc3)cc2)cc1. The van der Waals surface area contributed by atoms with Crippen LogP contribution in [0.5, 0.6) is 23.0 Å². The molecule has 326 valence electrons. The smallest absolute Gasteiger partial charge is 0.343 e. The highest BCUT2D eigenvalue weighted by Gasteiger charge is 2.13. The number of rotatable bonds is 28. The summed E-state index contributed by atoms with van der Waals surface area (Å²) in [5.41, 5.74) is 3.98. The van der Waals surface area contributed by atoms with Crippen LogP contribution in [0.2, 0.25) is 0 Å². The third kappa shape index (κ3) is 17.9. The number of unbranched alkanes of at least 4 members (excludes halogenated alkanes) is 14. The van der Waals surface area contributed by atoms with Gasteiger partial charge in [-0.05, 0) is 145 Å². The fourth-order valence-electron chi connectivity index (χ4n) is 6.73. The molecule has 0 radical (unpaired) electrons. The summed E-state index contributed by atoms with van der Waals surface area (Å²) < 4.78 is 22.9. The Morgan fingerprint density at radius 3 is 1.03 bits per heavy atom. The molecule has 5 aromatic rings. The van der Waals surface area contributed by atoms with Gasteiger partial charge in [-0.3, -0.25) is 9.98 Å². The van der Waals surface area contributed by atoms with Crippen molar-refractivity contribution in [2.45, 2.75) is 117 Å². The minimum absolute atomic E-state index is 0.307. The van der Waals surface area contributed by atoms with E-state index in [0.29, 0.717) is 22.6 Å². The molecule has 0 N–H and O–H groups in total. The first-order valence-electron chi connectivity index (χ1n) is 22.8. The summed E-state index contributed by atoms with van der Waals surface area (Å²) in [4.78, 5) is 34.8. The Hall–Kier alpha value is -6.02. The van der Waals surface area contributed by atoms with Crippen molar-refractivity contribution in [3.05, 3.63) is 144 Å². The van der Waals surface area contributed by atoms with E-state index in [1.54, 1.807) is 61.0 Å². The standard InChI is InChI=1S/C54H64N2O6/c1-3-5-7-9-11-13-15-17-39-59-49-35-27-47(28-36-49)55-41-43-19-31-51(32-20-43)61-53(57)45-23-25-46(26-24-45)54(58)62-52-33-21-44(22-34-52)42-56-48-29-37-50(38-30-48)60-40-18-16-14-12-10-8-6-4-2/h19-38,41-42H,3-18,39-40H2,1-2H3. The van der Waals surface area contributed by atoms with Crippen molar-refractivity contribution in [1.82, 2.24) is 0 Å². The average Bonchev–Trinajstić information content (AvgIpc) is 3.31. The lowest BCUT2D eigenvalue weighted by molar-refractivity contribution is 0.0720. The maximum atomic E-state index is 12.9. The van der Waals surface area contributed by atoms with Crippen molar-refractivity contribution in [1.29, 1.82) is 0 Å². The van der Waals surface area contributed by atoms with Gasteiger partial charge < -0.3 is 18.9 Å². The summed E-state index contributed by atoms with van der Waals surface area (Å²) in [5, 5.41) is 0. The van der Waals surface area contributed by atoms with E-state index in [0.717, 1.165) is 60.1 Å². The van der Waals surface area contributed by atoms with Crippen molar-refractivity contribution in [2.24, 2.45) is 9.98 Å². The number of carbonyl (C=O) groups excluding carboxylic acids is 2. The summed E-state index contributed by atoms with van der Waals surface area (Å²) in [6.07, 6.45) is 23.9. The first-order valence-corrected chi connectivity index (χ1v) is 22.8. The van der Waals surface area contributed by atoms with Crippen LogP contribution in [0.15, 0.2) is 131 Å². The highest BCUT2D eigenvalue weighted by atomic mass is 16.5. The Morgan fingerprint density at radius 2 is 0.694 bits per heavy atom. The molecule has 62 heavy (non-hydrogen) atoms. The second kappa shape index (κ2) is 27.8. The maximum absolute atomic E-state index is 12.9. The molecule has 0 saturated heterocycles. The fourth-order valence-corrected chi connectivity index (χ4v) is 6.73. The van der Waals surface area contributed by atoms with Gasteiger partial charge in [0.25, 0.3) is 0 Å². The van der Waals surface area contributed by atoms with E-state index < -0.39 is 11.9 Å². The van der Waals surface area contributed by atoms with Crippen LogP contribution in [-0.4, -0.2) is 37.6 Å². The number of hydrogen-bond acceptors (Lipinski definition) is 8. The molecule has 0 fully saturated rings. The summed E-state index contributed by atoms with van der Waals surface area (Å²) >= 11 is 0. The highest BCUT2D eigenvalue weighted by Crippen LogP contribution is 2.22. The van der Waals surface area contributed by atoms with Gasteiger partial charge in [-0.1, -0.05) is 104 Å². The molecule has 0 bridgehead atoms. The maximum Gasteiger partial charge on any atom is 0.343 e. The van der Waals surface area contributed by atoms with Gasteiger partial charge in [0.05, 0.1) is 35.7 Å². The van der Waals surface area contributed by atoms with Gasteiger partial charge in [-0.15, -0.1) is 0 Å². The number of carbonyl (C=O) groups is 2. The van der Waals surface area contributed by atoms with Crippen LogP contribution in [0.3, 0.4) is 0 Å². The molecule has 5 rings (SSSR count). The van der Waals surface area contributed by atoms with Crippen LogP contribution < -0.4 is 18.9 Å². The number of nitrogens with zero attached hydrogens (tertiary/aromatic N) is 2. The van der Waals surface area contributed by atoms with E-state index in [2.05, 4.69) is 23.8 Å². The number of ether oxygens (including phenoxy) is 4. The molecule has 8 heteroatoms. The summed E-state index contributed by atoms with van der Waals surface area (Å²) in [5.74, 6) is 1.43. The van der Waals surface area contributed by atoms with E-state index in [1.165, 1.54) is 89.9 Å². The average molecular weight is 837 g/mol. The van der Waals surface area contributed by atoms with Crippen LogP contribution >= 0.6 is 0 Å². The predicted molar refractivity (Wildman–Crippen MR) is 253 cm³/mol. The molecule has 0 saturated carbocycles. The summed E-state index contributed by atoms with van der Waals surface area (Å²) in [7, 11) is 0. The third-order valence-corrected chi connectivity index (χ3v) is 10.5. The largest absolute Gasteiger partial charge is 0.494 e. The van der Waals surface area contributed by atoms with Gasteiger partial charge in [0.15, 0.2) is 0 Å². The van der Waals surface area contributed by atoms with Crippen LogP contribution in [-0.2, 0) is 0 Å². The Morgan fingerprint density at radius 1 is 0.387 bits per heavy atom.